The van der Waals surface area contributed by atoms with Crippen LogP contribution in [0.2, 0.25) is 0 Å². The summed E-state index contributed by atoms with van der Waals surface area (Å²) >= 11 is 0. The molecule has 0 fully saturated rings. The van der Waals surface area contributed by atoms with Crippen LogP contribution in [0.3, 0.4) is 0 Å². The van der Waals surface area contributed by atoms with Gasteiger partial charge in [0.05, 0.1) is 11.6 Å². The maximum absolute atomic E-state index is 12.8. The van der Waals surface area contributed by atoms with E-state index in [0.29, 0.717) is 18.6 Å². The molecule has 146 valence electrons. The lowest BCUT2D eigenvalue weighted by atomic mass is 9.73. The van der Waals surface area contributed by atoms with E-state index in [-0.39, 0.29) is 35.7 Å². The minimum Gasteiger partial charge on any atom is -0.374 e. The molecule has 0 radical (unpaired) electrons. The van der Waals surface area contributed by atoms with Crippen LogP contribution in [-0.4, -0.2) is 35.7 Å². The summed E-state index contributed by atoms with van der Waals surface area (Å²) in [6, 6.07) is 4.76. The number of fused-ring (bicyclic) bond motifs is 3. The Morgan fingerprint density at radius 2 is 1.85 bits per heavy atom. The average molecular weight is 370 g/mol. The van der Waals surface area contributed by atoms with Crippen LogP contribution in [0.15, 0.2) is 23.9 Å². The average Bonchev–Trinajstić information content (AvgIpc) is 2.59. The molecule has 0 N–H and O–H groups in total. The number of carbonyl (C=O) groups excluding carboxylic acids is 2. The SMILES string of the molecule is CCOCC(=O)C1=CN2C(CC1=O)c1cc(C)c(C)cc1CC2C(C)(C)C. The van der Waals surface area contributed by atoms with E-state index in [9.17, 15) is 9.59 Å². The third-order valence-corrected chi connectivity index (χ3v) is 5.94. The predicted octanol–water partition coefficient (Wildman–Crippen LogP) is 4.08. The molecule has 0 saturated heterocycles. The molecule has 2 heterocycles. The van der Waals surface area contributed by atoms with Gasteiger partial charge in [0.2, 0.25) is 0 Å². The van der Waals surface area contributed by atoms with Crippen molar-refractivity contribution >= 4 is 11.6 Å². The smallest absolute Gasteiger partial charge is 0.193 e. The zero-order valence-electron chi connectivity index (χ0n) is 17.4. The zero-order chi connectivity index (χ0) is 19.9. The van der Waals surface area contributed by atoms with Crippen LogP contribution in [0.5, 0.6) is 0 Å². The maximum atomic E-state index is 12.8. The van der Waals surface area contributed by atoms with Crippen molar-refractivity contribution in [2.75, 3.05) is 13.2 Å². The Labute approximate surface area is 162 Å². The van der Waals surface area contributed by atoms with Gasteiger partial charge in [-0.25, -0.2) is 0 Å². The standard InChI is InChI=1S/C23H31NO3/c1-7-27-13-21(26)18-12-24-19(11-20(18)25)17-9-15(3)14(2)8-16(17)10-22(24)23(4,5)6/h8-9,12,19,22H,7,10-11,13H2,1-6H3. The molecule has 1 aromatic rings. The number of ether oxygens (including phenoxy) is 1. The molecule has 0 spiro atoms. The maximum Gasteiger partial charge on any atom is 0.193 e. The zero-order valence-corrected chi connectivity index (χ0v) is 17.4. The summed E-state index contributed by atoms with van der Waals surface area (Å²) in [6.07, 6.45) is 3.10. The first-order valence-electron chi connectivity index (χ1n) is 9.87. The van der Waals surface area contributed by atoms with Crippen molar-refractivity contribution in [2.45, 2.75) is 66.5 Å². The second-order valence-corrected chi connectivity index (χ2v) is 8.91. The van der Waals surface area contributed by atoms with Crippen LogP contribution in [0.4, 0.5) is 0 Å². The van der Waals surface area contributed by atoms with E-state index in [4.69, 9.17) is 4.74 Å². The largest absolute Gasteiger partial charge is 0.374 e. The first-order valence-corrected chi connectivity index (χ1v) is 9.87. The molecule has 0 aromatic heterocycles. The molecule has 4 nitrogen and oxygen atoms in total. The number of ketones is 2. The summed E-state index contributed by atoms with van der Waals surface area (Å²) in [5.41, 5.74) is 5.43. The van der Waals surface area contributed by atoms with E-state index >= 15 is 0 Å². The quantitative estimate of drug-likeness (QED) is 0.750. The van der Waals surface area contributed by atoms with E-state index in [1.54, 1.807) is 0 Å². The topological polar surface area (TPSA) is 46.6 Å². The van der Waals surface area contributed by atoms with Gasteiger partial charge in [-0.15, -0.1) is 0 Å². The van der Waals surface area contributed by atoms with Crippen LogP contribution in [0.25, 0.3) is 0 Å². The molecule has 0 aliphatic carbocycles. The summed E-state index contributed by atoms with van der Waals surface area (Å²) < 4.78 is 5.25. The normalized spacial score (nSPS) is 22.2. The van der Waals surface area contributed by atoms with Gasteiger partial charge in [0.1, 0.15) is 6.61 Å². The first kappa shape index (κ1) is 19.8. The Kier molecular flexibility index (Phi) is 5.31. The molecule has 2 aliphatic heterocycles. The van der Waals surface area contributed by atoms with E-state index in [1.165, 1.54) is 22.3 Å². The Morgan fingerprint density at radius 3 is 2.48 bits per heavy atom. The Morgan fingerprint density at radius 1 is 1.19 bits per heavy atom. The third-order valence-electron chi connectivity index (χ3n) is 5.94. The second-order valence-electron chi connectivity index (χ2n) is 8.91. The lowest BCUT2D eigenvalue weighted by molar-refractivity contribution is -0.126. The van der Waals surface area contributed by atoms with Crippen molar-refractivity contribution in [2.24, 2.45) is 5.41 Å². The predicted molar refractivity (Wildman–Crippen MR) is 107 cm³/mol. The molecule has 4 heteroatoms. The van der Waals surface area contributed by atoms with Gasteiger partial charge >= 0.3 is 0 Å². The van der Waals surface area contributed by atoms with Gasteiger partial charge in [0, 0.05) is 25.3 Å². The highest BCUT2D eigenvalue weighted by molar-refractivity contribution is 6.21. The fourth-order valence-corrected chi connectivity index (χ4v) is 4.23. The number of benzene rings is 1. The van der Waals surface area contributed by atoms with Crippen LogP contribution in [0.1, 0.15) is 62.4 Å². The molecule has 2 aliphatic rings. The molecule has 0 bridgehead atoms. The van der Waals surface area contributed by atoms with Crippen molar-refractivity contribution in [1.29, 1.82) is 0 Å². The van der Waals surface area contributed by atoms with E-state index in [0.717, 1.165) is 6.42 Å². The lowest BCUT2D eigenvalue weighted by Gasteiger charge is -2.50. The fraction of sp³-hybridized carbons (Fsp3) is 0.565. The number of rotatable bonds is 4. The highest BCUT2D eigenvalue weighted by Gasteiger charge is 2.43. The van der Waals surface area contributed by atoms with Crippen molar-refractivity contribution in [3.05, 3.63) is 46.2 Å². The highest BCUT2D eigenvalue weighted by Crippen LogP contribution is 2.44. The summed E-state index contributed by atoms with van der Waals surface area (Å²) in [5.74, 6) is -0.279. The van der Waals surface area contributed by atoms with E-state index in [2.05, 4.69) is 51.7 Å². The van der Waals surface area contributed by atoms with Crippen molar-refractivity contribution in [3.8, 4) is 0 Å². The fourth-order valence-electron chi connectivity index (χ4n) is 4.23. The van der Waals surface area contributed by atoms with E-state index in [1.807, 2.05) is 13.1 Å². The number of carbonyl (C=O) groups is 2. The Bertz CT molecular complexity index is 801. The molecule has 2 atom stereocenters. The van der Waals surface area contributed by atoms with Crippen molar-refractivity contribution < 1.29 is 14.3 Å². The summed E-state index contributed by atoms with van der Waals surface area (Å²) in [5, 5.41) is 0. The second kappa shape index (κ2) is 7.23. The molecule has 0 saturated carbocycles. The molecule has 2 unspecified atom stereocenters. The van der Waals surface area contributed by atoms with Crippen LogP contribution >= 0.6 is 0 Å². The van der Waals surface area contributed by atoms with Gasteiger partial charge in [-0.1, -0.05) is 32.9 Å². The first-order chi connectivity index (χ1) is 12.6. The van der Waals surface area contributed by atoms with Crippen molar-refractivity contribution in [3.63, 3.8) is 0 Å². The summed E-state index contributed by atoms with van der Waals surface area (Å²) in [4.78, 5) is 27.6. The van der Waals surface area contributed by atoms with Crippen LogP contribution in [0, 0.1) is 19.3 Å². The molecule has 1 aromatic carbocycles. The van der Waals surface area contributed by atoms with Gasteiger partial charge in [0.25, 0.3) is 0 Å². The summed E-state index contributed by atoms with van der Waals surface area (Å²) in [7, 11) is 0. The molecular weight excluding hydrogens is 338 g/mol. The number of aryl methyl sites for hydroxylation is 2. The summed E-state index contributed by atoms with van der Waals surface area (Å²) in [6.45, 7) is 13.2. The van der Waals surface area contributed by atoms with Gasteiger partial charge in [0.15, 0.2) is 11.6 Å². The van der Waals surface area contributed by atoms with Crippen molar-refractivity contribution in [1.82, 2.24) is 4.90 Å². The number of nitrogens with zero attached hydrogens (tertiary/aromatic N) is 1. The minimum atomic E-state index is -0.209. The van der Waals surface area contributed by atoms with Gasteiger partial charge < -0.3 is 9.64 Å². The van der Waals surface area contributed by atoms with Gasteiger partial charge in [-0.05, 0) is 54.9 Å². The van der Waals surface area contributed by atoms with Crippen LogP contribution < -0.4 is 0 Å². The number of hydrogen-bond acceptors (Lipinski definition) is 4. The molecular formula is C23H31NO3. The Hall–Kier alpha value is -1.94. The van der Waals surface area contributed by atoms with E-state index < -0.39 is 0 Å². The lowest BCUT2D eigenvalue weighted by Crippen LogP contribution is -2.50. The van der Waals surface area contributed by atoms with Gasteiger partial charge in [-0.2, -0.15) is 0 Å². The monoisotopic (exact) mass is 369 g/mol. The molecule has 3 rings (SSSR count). The minimum absolute atomic E-state index is 0.00779. The van der Waals surface area contributed by atoms with Gasteiger partial charge in [-0.3, -0.25) is 9.59 Å². The molecule has 0 amide bonds. The third kappa shape index (κ3) is 3.73. The molecule has 27 heavy (non-hydrogen) atoms. The Balaban J connectivity index is 2.07. The number of Topliss-reactive ketones (excluding diaryl/α,β-unsaturated/α-hetero) is 2. The van der Waals surface area contributed by atoms with Crippen LogP contribution in [-0.2, 0) is 20.7 Å². The highest BCUT2D eigenvalue weighted by atomic mass is 16.5. The number of hydrogen-bond donors (Lipinski definition) is 0.